The standard InChI is InChI=1S/C23H29N/c1-6-23(13-9-10-14-23)22-18-11-7-8-12-20(18)24-21(22)15-19(16(2)3)17(4)5/h7-17,24H,6H2,1-5H3. The molecule has 0 bridgehead atoms. The SMILES string of the molecule is CCC1(c2c(C=C(C(C)C)C(C)C)[nH]c3ccccc23)C=CC=C1. The van der Waals surface area contributed by atoms with Crippen LogP contribution in [0.5, 0.6) is 0 Å². The summed E-state index contributed by atoms with van der Waals surface area (Å²) in [5, 5.41) is 1.34. The van der Waals surface area contributed by atoms with E-state index in [1.54, 1.807) is 0 Å². The maximum Gasteiger partial charge on any atom is 0.0461 e. The van der Waals surface area contributed by atoms with E-state index < -0.39 is 0 Å². The van der Waals surface area contributed by atoms with Crippen LogP contribution < -0.4 is 0 Å². The molecule has 1 aliphatic rings. The largest absolute Gasteiger partial charge is 0.355 e. The lowest BCUT2D eigenvalue weighted by molar-refractivity contribution is 0.630. The molecule has 1 nitrogen and oxygen atoms in total. The molecule has 0 atom stereocenters. The van der Waals surface area contributed by atoms with Crippen LogP contribution in [0.3, 0.4) is 0 Å². The van der Waals surface area contributed by atoms with E-state index in [9.17, 15) is 0 Å². The normalized spacial score (nSPS) is 15.8. The van der Waals surface area contributed by atoms with Gasteiger partial charge in [0.05, 0.1) is 0 Å². The molecule has 1 aromatic heterocycles. The van der Waals surface area contributed by atoms with Gasteiger partial charge < -0.3 is 4.98 Å². The van der Waals surface area contributed by atoms with Crippen LogP contribution in [0.4, 0.5) is 0 Å². The summed E-state index contributed by atoms with van der Waals surface area (Å²) in [5.74, 6) is 1.10. The van der Waals surface area contributed by atoms with E-state index in [4.69, 9.17) is 0 Å². The molecule has 0 fully saturated rings. The third-order valence-electron chi connectivity index (χ3n) is 5.33. The van der Waals surface area contributed by atoms with Gasteiger partial charge in [-0.2, -0.15) is 0 Å². The predicted molar refractivity (Wildman–Crippen MR) is 106 cm³/mol. The summed E-state index contributed by atoms with van der Waals surface area (Å²) in [5.41, 5.74) is 5.42. The summed E-state index contributed by atoms with van der Waals surface area (Å²) in [6.45, 7) is 11.4. The number of benzene rings is 1. The van der Waals surface area contributed by atoms with Crippen molar-refractivity contribution >= 4 is 17.0 Å². The van der Waals surface area contributed by atoms with Crippen LogP contribution in [0.15, 0.2) is 54.1 Å². The number of aromatic amines is 1. The Balaban J connectivity index is 2.29. The fourth-order valence-electron chi connectivity index (χ4n) is 4.03. The van der Waals surface area contributed by atoms with Crippen molar-refractivity contribution in [2.45, 2.75) is 46.5 Å². The van der Waals surface area contributed by atoms with Gasteiger partial charge in [0.1, 0.15) is 0 Å². The van der Waals surface area contributed by atoms with E-state index >= 15 is 0 Å². The second-order valence-electron chi connectivity index (χ2n) is 7.53. The number of aromatic nitrogens is 1. The van der Waals surface area contributed by atoms with Gasteiger partial charge in [-0.1, -0.05) is 82.7 Å². The van der Waals surface area contributed by atoms with Crippen LogP contribution in [0.1, 0.15) is 52.3 Å². The van der Waals surface area contributed by atoms with Crippen molar-refractivity contribution in [2.75, 3.05) is 0 Å². The number of fused-ring (bicyclic) bond motifs is 1. The van der Waals surface area contributed by atoms with Gasteiger partial charge in [-0.3, -0.25) is 0 Å². The quantitative estimate of drug-likeness (QED) is 0.636. The molecule has 0 saturated carbocycles. The Morgan fingerprint density at radius 2 is 1.67 bits per heavy atom. The minimum absolute atomic E-state index is 0.00447. The van der Waals surface area contributed by atoms with Crippen molar-refractivity contribution < 1.29 is 0 Å². The molecule has 0 unspecified atom stereocenters. The minimum atomic E-state index is 0.00447. The molecule has 1 heteroatoms. The number of allylic oxidation sites excluding steroid dienone is 5. The third-order valence-corrected chi connectivity index (χ3v) is 5.33. The molecule has 2 aromatic rings. The first-order valence-corrected chi connectivity index (χ1v) is 9.18. The van der Waals surface area contributed by atoms with E-state index in [1.807, 2.05) is 0 Å². The van der Waals surface area contributed by atoms with E-state index in [0.29, 0.717) is 11.8 Å². The number of H-pyrrole nitrogens is 1. The highest BCUT2D eigenvalue weighted by molar-refractivity contribution is 5.89. The Kier molecular flexibility index (Phi) is 4.54. The molecule has 24 heavy (non-hydrogen) atoms. The number of para-hydroxylation sites is 1. The number of nitrogens with one attached hydrogen (secondary N) is 1. The Morgan fingerprint density at radius 3 is 2.25 bits per heavy atom. The summed E-state index contributed by atoms with van der Waals surface area (Å²) in [7, 11) is 0. The molecule has 0 radical (unpaired) electrons. The summed E-state index contributed by atoms with van der Waals surface area (Å²) in [6, 6.07) is 8.69. The Bertz CT molecular complexity index is 790. The highest BCUT2D eigenvalue weighted by Gasteiger charge is 2.31. The summed E-state index contributed by atoms with van der Waals surface area (Å²) < 4.78 is 0. The first kappa shape index (κ1) is 16.8. The molecule has 0 amide bonds. The molecule has 3 rings (SSSR count). The van der Waals surface area contributed by atoms with E-state index in [-0.39, 0.29) is 5.41 Å². The van der Waals surface area contributed by atoms with Gasteiger partial charge in [-0.15, -0.1) is 0 Å². The van der Waals surface area contributed by atoms with Crippen LogP contribution in [-0.4, -0.2) is 4.98 Å². The maximum absolute atomic E-state index is 3.70. The molecule has 0 saturated heterocycles. The number of hydrogen-bond donors (Lipinski definition) is 1. The van der Waals surface area contributed by atoms with Gasteiger partial charge >= 0.3 is 0 Å². The maximum atomic E-state index is 3.70. The van der Waals surface area contributed by atoms with Crippen LogP contribution in [0.25, 0.3) is 17.0 Å². The first-order valence-electron chi connectivity index (χ1n) is 9.18. The van der Waals surface area contributed by atoms with E-state index in [1.165, 1.54) is 27.7 Å². The zero-order valence-electron chi connectivity index (χ0n) is 15.6. The lowest BCUT2D eigenvalue weighted by Crippen LogP contribution is -2.19. The van der Waals surface area contributed by atoms with Crippen molar-refractivity contribution in [1.82, 2.24) is 4.98 Å². The lowest BCUT2D eigenvalue weighted by Gasteiger charge is -2.25. The van der Waals surface area contributed by atoms with Gasteiger partial charge in [-0.25, -0.2) is 0 Å². The van der Waals surface area contributed by atoms with Crippen molar-refractivity contribution in [2.24, 2.45) is 11.8 Å². The number of hydrogen-bond acceptors (Lipinski definition) is 0. The van der Waals surface area contributed by atoms with Crippen molar-refractivity contribution in [3.63, 3.8) is 0 Å². The Morgan fingerprint density at radius 1 is 1.04 bits per heavy atom. The average molecular weight is 319 g/mol. The molecule has 1 aromatic carbocycles. The lowest BCUT2D eigenvalue weighted by atomic mass is 9.77. The van der Waals surface area contributed by atoms with Gasteiger partial charge in [0.25, 0.3) is 0 Å². The van der Waals surface area contributed by atoms with Crippen LogP contribution >= 0.6 is 0 Å². The van der Waals surface area contributed by atoms with Gasteiger partial charge in [0.2, 0.25) is 0 Å². The average Bonchev–Trinajstić information content (AvgIpc) is 3.16. The monoisotopic (exact) mass is 319 g/mol. The second kappa shape index (κ2) is 6.47. The molecule has 126 valence electrons. The summed E-state index contributed by atoms with van der Waals surface area (Å²) in [4.78, 5) is 3.70. The third kappa shape index (κ3) is 2.77. The fraction of sp³-hybridized carbons (Fsp3) is 0.391. The molecule has 1 N–H and O–H groups in total. The van der Waals surface area contributed by atoms with E-state index in [0.717, 1.165) is 6.42 Å². The fourth-order valence-corrected chi connectivity index (χ4v) is 4.03. The molecular formula is C23H29N. The van der Waals surface area contributed by atoms with Crippen molar-refractivity contribution in [3.05, 3.63) is 65.4 Å². The first-order chi connectivity index (χ1) is 11.5. The zero-order chi connectivity index (χ0) is 17.3. The van der Waals surface area contributed by atoms with Crippen LogP contribution in [0, 0.1) is 11.8 Å². The van der Waals surface area contributed by atoms with Gasteiger partial charge in [-0.05, 0) is 36.0 Å². The Hall–Kier alpha value is -2.02. The molecule has 0 aliphatic heterocycles. The van der Waals surface area contributed by atoms with E-state index in [2.05, 4.69) is 94.2 Å². The molecule has 1 aliphatic carbocycles. The number of rotatable bonds is 5. The smallest absolute Gasteiger partial charge is 0.0461 e. The van der Waals surface area contributed by atoms with Crippen molar-refractivity contribution in [3.8, 4) is 0 Å². The summed E-state index contributed by atoms with van der Waals surface area (Å²) in [6.07, 6.45) is 12.5. The molecule has 0 spiro atoms. The second-order valence-corrected chi connectivity index (χ2v) is 7.53. The molecule has 1 heterocycles. The molecular weight excluding hydrogens is 290 g/mol. The summed E-state index contributed by atoms with van der Waals surface area (Å²) >= 11 is 0. The van der Waals surface area contributed by atoms with Gasteiger partial charge in [0, 0.05) is 22.0 Å². The minimum Gasteiger partial charge on any atom is -0.355 e. The highest BCUT2D eigenvalue weighted by atomic mass is 14.7. The van der Waals surface area contributed by atoms with Gasteiger partial charge in [0.15, 0.2) is 0 Å². The predicted octanol–water partition coefficient (Wildman–Crippen LogP) is 6.64. The van der Waals surface area contributed by atoms with Crippen LogP contribution in [-0.2, 0) is 5.41 Å². The Labute approximate surface area is 146 Å². The topological polar surface area (TPSA) is 15.8 Å². The van der Waals surface area contributed by atoms with Crippen molar-refractivity contribution in [1.29, 1.82) is 0 Å². The highest BCUT2D eigenvalue weighted by Crippen LogP contribution is 2.42. The zero-order valence-corrected chi connectivity index (χ0v) is 15.6. The van der Waals surface area contributed by atoms with Crippen LogP contribution in [0.2, 0.25) is 0 Å².